The van der Waals surface area contributed by atoms with E-state index >= 15 is 0 Å². The largest absolute Gasteiger partial charge is 0.495 e. The highest BCUT2D eigenvalue weighted by molar-refractivity contribution is 6.15. The van der Waals surface area contributed by atoms with Crippen molar-refractivity contribution in [2.45, 2.75) is 19.9 Å². The number of nitrogens with one attached hydrogen (secondary N) is 2. The molecule has 2 amide bonds. The van der Waals surface area contributed by atoms with Crippen LogP contribution in [-0.4, -0.2) is 33.4 Å². The normalized spacial score (nSPS) is 16.1. The van der Waals surface area contributed by atoms with Crippen LogP contribution >= 0.6 is 0 Å². The van der Waals surface area contributed by atoms with Gasteiger partial charge in [-0.25, -0.2) is 9.78 Å². The van der Waals surface area contributed by atoms with Gasteiger partial charge in [0.1, 0.15) is 5.75 Å². The molecule has 1 atom stereocenters. The molecule has 2 aromatic carbocycles. The number of benzene rings is 2. The number of amides is 2. The van der Waals surface area contributed by atoms with Gasteiger partial charge in [-0.1, -0.05) is 36.4 Å². The molecule has 1 aliphatic heterocycles. The molecule has 1 aliphatic rings. The number of imidazole rings is 1. The number of hydrogen-bond acceptors (Lipinski definition) is 4. The van der Waals surface area contributed by atoms with Gasteiger partial charge in [-0.3, -0.25) is 10.3 Å². The van der Waals surface area contributed by atoms with Crippen LogP contribution in [0.15, 0.2) is 66.8 Å². The fourth-order valence-electron chi connectivity index (χ4n) is 3.54. The summed E-state index contributed by atoms with van der Waals surface area (Å²) in [6, 6.07) is 14.9. The Bertz CT molecular complexity index is 1130. The van der Waals surface area contributed by atoms with Crippen molar-refractivity contribution >= 4 is 17.9 Å². The third-order valence-electron chi connectivity index (χ3n) is 5.13. The second kappa shape index (κ2) is 7.87. The lowest BCUT2D eigenvalue weighted by Gasteiger charge is -2.22. The van der Waals surface area contributed by atoms with Gasteiger partial charge in [0.05, 0.1) is 36.6 Å². The first-order valence-corrected chi connectivity index (χ1v) is 9.62. The molecular formula is C23H23N5O2. The lowest BCUT2D eigenvalue weighted by molar-refractivity contribution is 0.220. The summed E-state index contributed by atoms with van der Waals surface area (Å²) in [7, 11) is 1.61. The highest BCUT2D eigenvalue weighted by Gasteiger charge is 2.34. The number of aryl methyl sites for hydroxylation is 1. The lowest BCUT2D eigenvalue weighted by Crippen LogP contribution is -2.33. The molecule has 7 nitrogen and oxygen atoms in total. The molecule has 7 heteroatoms. The van der Waals surface area contributed by atoms with Crippen molar-refractivity contribution in [3.8, 4) is 11.4 Å². The first-order valence-electron chi connectivity index (χ1n) is 9.62. The van der Waals surface area contributed by atoms with E-state index in [2.05, 4.69) is 10.3 Å². The van der Waals surface area contributed by atoms with E-state index < -0.39 is 0 Å². The Morgan fingerprint density at radius 3 is 2.63 bits per heavy atom. The van der Waals surface area contributed by atoms with E-state index in [0.717, 1.165) is 22.5 Å². The molecule has 4 rings (SSSR count). The summed E-state index contributed by atoms with van der Waals surface area (Å²) < 4.78 is 7.45. The Hall–Kier alpha value is -3.87. The standard InChI is InChI=1S/C23H23N5O2/c1-15-13-27(14-25-15)20-10-9-17(12-21(20)30-3)11-19-22(24)28(23(29)26-19)16(2)18-7-5-4-6-8-18/h4-14,16,24H,1-3H3,(H,26,29). The van der Waals surface area contributed by atoms with Crippen LogP contribution in [0.1, 0.15) is 29.8 Å². The Morgan fingerprint density at radius 1 is 1.20 bits per heavy atom. The lowest BCUT2D eigenvalue weighted by atomic mass is 10.1. The van der Waals surface area contributed by atoms with E-state index in [9.17, 15) is 4.79 Å². The smallest absolute Gasteiger partial charge is 0.328 e. The fourth-order valence-corrected chi connectivity index (χ4v) is 3.54. The maximum Gasteiger partial charge on any atom is 0.328 e. The third kappa shape index (κ3) is 3.57. The molecule has 0 radical (unpaired) electrons. The Kier molecular flexibility index (Phi) is 5.10. The minimum absolute atomic E-state index is 0.143. The SMILES string of the molecule is COc1cc(C=C2NC(=O)N(C(C)c3ccccc3)C2=N)ccc1-n1cnc(C)c1. The van der Waals surface area contributed by atoms with Gasteiger partial charge in [0.25, 0.3) is 0 Å². The fraction of sp³-hybridized carbons (Fsp3) is 0.174. The number of carbonyl (C=O) groups is 1. The van der Waals surface area contributed by atoms with E-state index in [0.29, 0.717) is 11.4 Å². The predicted molar refractivity (Wildman–Crippen MR) is 116 cm³/mol. The number of urea groups is 1. The van der Waals surface area contributed by atoms with Crippen molar-refractivity contribution in [3.63, 3.8) is 0 Å². The van der Waals surface area contributed by atoms with Crippen LogP contribution < -0.4 is 10.1 Å². The highest BCUT2D eigenvalue weighted by atomic mass is 16.5. The maximum absolute atomic E-state index is 12.6. The summed E-state index contributed by atoms with van der Waals surface area (Å²) in [5, 5.41) is 11.3. The average Bonchev–Trinajstić information content (AvgIpc) is 3.30. The number of carbonyl (C=O) groups excluding carboxylic acids is 1. The van der Waals surface area contributed by atoms with Gasteiger partial charge < -0.3 is 14.6 Å². The zero-order chi connectivity index (χ0) is 21.3. The monoisotopic (exact) mass is 401 g/mol. The van der Waals surface area contributed by atoms with E-state index in [1.54, 1.807) is 19.5 Å². The number of nitrogens with zero attached hydrogens (tertiary/aromatic N) is 3. The number of hydrogen-bond donors (Lipinski definition) is 2. The quantitative estimate of drug-likeness (QED) is 0.669. The van der Waals surface area contributed by atoms with Crippen LogP contribution in [0.3, 0.4) is 0 Å². The van der Waals surface area contributed by atoms with Gasteiger partial charge in [-0.05, 0) is 43.2 Å². The van der Waals surface area contributed by atoms with Gasteiger partial charge >= 0.3 is 6.03 Å². The molecule has 1 aromatic heterocycles. The number of rotatable bonds is 5. The van der Waals surface area contributed by atoms with E-state index in [4.69, 9.17) is 10.1 Å². The summed E-state index contributed by atoms with van der Waals surface area (Å²) in [6.45, 7) is 3.84. The molecule has 2 N–H and O–H groups in total. The summed E-state index contributed by atoms with van der Waals surface area (Å²) in [5.74, 6) is 0.816. The molecule has 1 saturated heterocycles. The zero-order valence-corrected chi connectivity index (χ0v) is 17.1. The summed E-state index contributed by atoms with van der Waals surface area (Å²) in [4.78, 5) is 18.3. The van der Waals surface area contributed by atoms with Crippen molar-refractivity contribution < 1.29 is 9.53 Å². The Labute approximate surface area is 175 Å². The van der Waals surface area contributed by atoms with Crippen LogP contribution in [0.5, 0.6) is 5.75 Å². The minimum atomic E-state index is -0.305. The Morgan fingerprint density at radius 2 is 1.97 bits per heavy atom. The molecule has 0 saturated carbocycles. The summed E-state index contributed by atoms with van der Waals surface area (Å²) in [5.41, 5.74) is 4.03. The maximum atomic E-state index is 12.6. The Balaban J connectivity index is 1.62. The minimum Gasteiger partial charge on any atom is -0.495 e. The van der Waals surface area contributed by atoms with Crippen LogP contribution in [0.2, 0.25) is 0 Å². The highest BCUT2D eigenvalue weighted by Crippen LogP contribution is 2.28. The summed E-state index contributed by atoms with van der Waals surface area (Å²) in [6.07, 6.45) is 5.44. The second-order valence-electron chi connectivity index (χ2n) is 7.15. The average molecular weight is 401 g/mol. The van der Waals surface area contributed by atoms with Crippen molar-refractivity contribution in [2.75, 3.05) is 7.11 Å². The molecule has 1 fully saturated rings. The van der Waals surface area contributed by atoms with Crippen LogP contribution in [0.25, 0.3) is 11.8 Å². The van der Waals surface area contributed by atoms with Gasteiger partial charge in [-0.15, -0.1) is 0 Å². The molecule has 0 aliphatic carbocycles. The first-order chi connectivity index (χ1) is 14.5. The van der Waals surface area contributed by atoms with Crippen molar-refractivity contribution in [3.05, 3.63) is 83.6 Å². The van der Waals surface area contributed by atoms with E-state index in [1.807, 2.05) is 73.1 Å². The molecule has 2 heterocycles. The van der Waals surface area contributed by atoms with Crippen molar-refractivity contribution in [2.24, 2.45) is 0 Å². The van der Waals surface area contributed by atoms with Crippen LogP contribution in [0, 0.1) is 12.3 Å². The topological polar surface area (TPSA) is 83.2 Å². The molecular weight excluding hydrogens is 378 g/mol. The number of ether oxygens (including phenoxy) is 1. The molecule has 30 heavy (non-hydrogen) atoms. The number of methoxy groups -OCH3 is 1. The molecule has 1 unspecified atom stereocenters. The van der Waals surface area contributed by atoms with Crippen LogP contribution in [0.4, 0.5) is 4.79 Å². The van der Waals surface area contributed by atoms with Gasteiger partial charge in [0, 0.05) is 6.20 Å². The second-order valence-corrected chi connectivity index (χ2v) is 7.15. The van der Waals surface area contributed by atoms with Gasteiger partial charge in [0.2, 0.25) is 0 Å². The third-order valence-corrected chi connectivity index (χ3v) is 5.13. The number of amidine groups is 1. The van der Waals surface area contributed by atoms with Crippen molar-refractivity contribution in [1.29, 1.82) is 5.41 Å². The van der Waals surface area contributed by atoms with Gasteiger partial charge in [-0.2, -0.15) is 0 Å². The van der Waals surface area contributed by atoms with Crippen LogP contribution in [-0.2, 0) is 0 Å². The predicted octanol–water partition coefficient (Wildman–Crippen LogP) is 4.29. The van der Waals surface area contributed by atoms with E-state index in [-0.39, 0.29) is 17.9 Å². The molecule has 0 bridgehead atoms. The molecule has 152 valence electrons. The molecule has 0 spiro atoms. The number of aromatic nitrogens is 2. The molecule has 3 aromatic rings. The first kappa shape index (κ1) is 19.4. The summed E-state index contributed by atoms with van der Waals surface area (Å²) >= 11 is 0. The van der Waals surface area contributed by atoms with Crippen molar-refractivity contribution in [1.82, 2.24) is 19.8 Å². The van der Waals surface area contributed by atoms with E-state index in [1.165, 1.54) is 4.90 Å². The zero-order valence-electron chi connectivity index (χ0n) is 17.1. The van der Waals surface area contributed by atoms with Gasteiger partial charge in [0.15, 0.2) is 5.84 Å².